The van der Waals surface area contributed by atoms with Gasteiger partial charge >= 0.3 is 0 Å². The van der Waals surface area contributed by atoms with Crippen molar-refractivity contribution >= 4 is 46.9 Å². The monoisotopic (exact) mass is 470 g/mol. The van der Waals surface area contributed by atoms with Crippen LogP contribution in [0.2, 0.25) is 0 Å². The Morgan fingerprint density at radius 3 is 2.58 bits per heavy atom. The number of fused-ring (bicyclic) bond motifs is 1. The van der Waals surface area contributed by atoms with E-state index in [0.29, 0.717) is 6.54 Å². The number of para-hydroxylation sites is 2. The lowest BCUT2D eigenvalue weighted by Gasteiger charge is -2.36. The molecule has 0 radical (unpaired) electrons. The summed E-state index contributed by atoms with van der Waals surface area (Å²) in [6.45, 7) is 8.34. The fraction of sp³-hybridized carbons (Fsp3) is 0.500. The Balaban J connectivity index is 0.00000243. The van der Waals surface area contributed by atoms with Crippen molar-refractivity contribution in [3.8, 4) is 0 Å². The summed E-state index contributed by atoms with van der Waals surface area (Å²) in [6.07, 6.45) is 0.775. The minimum Gasteiger partial charge on any atom is -0.357 e. The number of carbonyl (C=O) groups excluding carboxylic acids is 1. The predicted octanol–water partition coefficient (Wildman–Crippen LogP) is 1.85. The number of H-pyrrole nitrogens is 1. The zero-order valence-corrected chi connectivity index (χ0v) is 17.7. The van der Waals surface area contributed by atoms with Gasteiger partial charge in [-0.2, -0.15) is 0 Å². The Morgan fingerprint density at radius 1 is 1.23 bits per heavy atom. The van der Waals surface area contributed by atoms with Gasteiger partial charge in [0.15, 0.2) is 5.96 Å². The van der Waals surface area contributed by atoms with Crippen LogP contribution in [-0.2, 0) is 11.2 Å². The summed E-state index contributed by atoms with van der Waals surface area (Å²) in [5, 5.41) is 3.35. The van der Waals surface area contributed by atoms with Crippen LogP contribution >= 0.6 is 24.0 Å². The van der Waals surface area contributed by atoms with Gasteiger partial charge in [-0.1, -0.05) is 12.1 Å². The third-order valence-corrected chi connectivity index (χ3v) is 4.41. The topological polar surface area (TPSA) is 76.6 Å². The highest BCUT2D eigenvalue weighted by atomic mass is 127. The zero-order chi connectivity index (χ0) is 17.6. The Labute approximate surface area is 171 Å². The number of rotatable bonds is 4. The highest BCUT2D eigenvalue weighted by molar-refractivity contribution is 14.0. The van der Waals surface area contributed by atoms with Crippen molar-refractivity contribution < 1.29 is 4.79 Å². The molecule has 1 saturated heterocycles. The second kappa shape index (κ2) is 9.75. The van der Waals surface area contributed by atoms with E-state index in [4.69, 9.17) is 4.99 Å². The molecule has 0 saturated carbocycles. The van der Waals surface area contributed by atoms with Gasteiger partial charge in [-0.15, -0.1) is 24.0 Å². The van der Waals surface area contributed by atoms with E-state index in [1.165, 1.54) is 0 Å². The molecule has 1 amide bonds. The number of aromatic amines is 1. The minimum atomic E-state index is 0. The minimum absolute atomic E-state index is 0. The van der Waals surface area contributed by atoms with E-state index in [0.717, 1.165) is 62.0 Å². The highest BCUT2D eigenvalue weighted by Crippen LogP contribution is 2.10. The van der Waals surface area contributed by atoms with Gasteiger partial charge in [0.2, 0.25) is 5.91 Å². The quantitative estimate of drug-likeness (QED) is 0.407. The third-order valence-electron chi connectivity index (χ3n) is 4.41. The Hall–Kier alpha value is -1.84. The number of nitrogens with one attached hydrogen (secondary N) is 2. The first-order valence-electron chi connectivity index (χ1n) is 8.89. The van der Waals surface area contributed by atoms with Crippen molar-refractivity contribution in [1.29, 1.82) is 0 Å². The lowest BCUT2D eigenvalue weighted by molar-refractivity contribution is -0.130. The molecule has 7 nitrogen and oxygen atoms in total. The summed E-state index contributed by atoms with van der Waals surface area (Å²) >= 11 is 0. The predicted molar refractivity (Wildman–Crippen MR) is 115 cm³/mol. The van der Waals surface area contributed by atoms with E-state index >= 15 is 0 Å². The Bertz CT molecular complexity index is 718. The molecule has 0 unspecified atom stereocenters. The third kappa shape index (κ3) is 5.09. The lowest BCUT2D eigenvalue weighted by atomic mass is 10.3. The number of benzene rings is 1. The molecule has 1 fully saturated rings. The molecule has 3 rings (SSSR count). The second-order valence-corrected chi connectivity index (χ2v) is 6.18. The number of hydrogen-bond donors (Lipinski definition) is 2. The number of piperazine rings is 1. The van der Waals surface area contributed by atoms with Crippen LogP contribution in [0.15, 0.2) is 29.3 Å². The van der Waals surface area contributed by atoms with Gasteiger partial charge in [0.05, 0.1) is 11.0 Å². The number of aliphatic imine (C=N–C) groups is 1. The molecule has 2 aromatic rings. The molecular formula is C18H27IN6O. The summed E-state index contributed by atoms with van der Waals surface area (Å²) in [6, 6.07) is 8.05. The van der Waals surface area contributed by atoms with Crippen LogP contribution in [0.3, 0.4) is 0 Å². The summed E-state index contributed by atoms with van der Waals surface area (Å²) < 4.78 is 0. The van der Waals surface area contributed by atoms with E-state index in [9.17, 15) is 4.79 Å². The van der Waals surface area contributed by atoms with Crippen LogP contribution in [-0.4, -0.2) is 70.9 Å². The van der Waals surface area contributed by atoms with Crippen LogP contribution in [0.4, 0.5) is 0 Å². The number of carbonyl (C=O) groups is 1. The molecule has 2 heterocycles. The Kier molecular flexibility index (Phi) is 7.67. The summed E-state index contributed by atoms with van der Waals surface area (Å²) in [5.41, 5.74) is 2.06. The van der Waals surface area contributed by atoms with Gasteiger partial charge in [0.1, 0.15) is 5.82 Å². The maximum absolute atomic E-state index is 11.5. The van der Waals surface area contributed by atoms with E-state index in [1.807, 2.05) is 29.2 Å². The molecular weight excluding hydrogens is 443 g/mol. The fourth-order valence-corrected chi connectivity index (χ4v) is 3.05. The number of nitrogens with zero attached hydrogens (tertiary/aromatic N) is 4. The van der Waals surface area contributed by atoms with Gasteiger partial charge in [0, 0.05) is 52.6 Å². The van der Waals surface area contributed by atoms with E-state index in [-0.39, 0.29) is 29.9 Å². The maximum atomic E-state index is 11.5. The van der Waals surface area contributed by atoms with Crippen molar-refractivity contribution in [1.82, 2.24) is 25.1 Å². The summed E-state index contributed by atoms with van der Waals surface area (Å²) in [4.78, 5) is 28.2. The molecule has 142 valence electrons. The molecule has 8 heteroatoms. The number of hydrogen-bond acceptors (Lipinski definition) is 3. The number of imidazole rings is 1. The van der Waals surface area contributed by atoms with Crippen molar-refractivity contribution in [2.24, 2.45) is 4.99 Å². The van der Waals surface area contributed by atoms with Crippen molar-refractivity contribution in [3.63, 3.8) is 0 Å². The first-order valence-corrected chi connectivity index (χ1v) is 8.89. The summed E-state index contributed by atoms with van der Waals surface area (Å²) in [7, 11) is 0. The van der Waals surface area contributed by atoms with Crippen LogP contribution in [0.25, 0.3) is 11.0 Å². The van der Waals surface area contributed by atoms with Crippen LogP contribution in [0.1, 0.15) is 19.7 Å². The average Bonchev–Trinajstić information content (AvgIpc) is 3.04. The van der Waals surface area contributed by atoms with Gasteiger partial charge in [-0.05, 0) is 19.1 Å². The molecule has 0 aliphatic carbocycles. The average molecular weight is 470 g/mol. The first-order chi connectivity index (χ1) is 12.2. The normalized spacial score (nSPS) is 15.1. The smallest absolute Gasteiger partial charge is 0.219 e. The molecule has 1 aliphatic rings. The van der Waals surface area contributed by atoms with Crippen molar-refractivity contribution in [3.05, 3.63) is 30.1 Å². The van der Waals surface area contributed by atoms with Gasteiger partial charge in [0.25, 0.3) is 0 Å². The van der Waals surface area contributed by atoms with E-state index in [1.54, 1.807) is 6.92 Å². The molecule has 0 spiro atoms. The summed E-state index contributed by atoms with van der Waals surface area (Å²) in [5.74, 6) is 2.02. The SMILES string of the molecule is CCNC(=NCCc1nc2ccccc2[nH]1)N1CCN(C(C)=O)CC1.I. The number of aromatic nitrogens is 2. The molecule has 1 aromatic heterocycles. The Morgan fingerprint density at radius 2 is 1.92 bits per heavy atom. The van der Waals surface area contributed by atoms with Gasteiger partial charge in [-0.3, -0.25) is 9.79 Å². The number of guanidine groups is 1. The largest absolute Gasteiger partial charge is 0.357 e. The van der Waals surface area contributed by atoms with Crippen LogP contribution in [0.5, 0.6) is 0 Å². The standard InChI is InChI=1S/C18H26N6O.HI/c1-3-19-18(24-12-10-23(11-13-24)14(2)25)20-9-8-17-21-15-6-4-5-7-16(15)22-17;/h4-7H,3,8-13H2,1-2H3,(H,19,20)(H,21,22);1H. The maximum Gasteiger partial charge on any atom is 0.219 e. The van der Waals surface area contributed by atoms with Gasteiger partial charge in [-0.25, -0.2) is 4.98 Å². The second-order valence-electron chi connectivity index (χ2n) is 6.18. The lowest BCUT2D eigenvalue weighted by Crippen LogP contribution is -2.53. The van der Waals surface area contributed by atoms with Crippen LogP contribution < -0.4 is 5.32 Å². The molecule has 0 bridgehead atoms. The molecule has 0 atom stereocenters. The molecule has 26 heavy (non-hydrogen) atoms. The van der Waals surface area contributed by atoms with Crippen molar-refractivity contribution in [2.75, 3.05) is 39.3 Å². The van der Waals surface area contributed by atoms with Gasteiger partial charge < -0.3 is 20.1 Å². The number of amides is 1. The zero-order valence-electron chi connectivity index (χ0n) is 15.4. The number of halogens is 1. The van der Waals surface area contributed by atoms with E-state index < -0.39 is 0 Å². The van der Waals surface area contributed by atoms with E-state index in [2.05, 4.69) is 27.1 Å². The first kappa shape index (κ1) is 20.5. The molecule has 1 aromatic carbocycles. The van der Waals surface area contributed by atoms with Crippen molar-refractivity contribution in [2.45, 2.75) is 20.3 Å². The van der Waals surface area contributed by atoms with Crippen LogP contribution in [0, 0.1) is 0 Å². The highest BCUT2D eigenvalue weighted by Gasteiger charge is 2.20. The molecule has 1 aliphatic heterocycles. The fourth-order valence-electron chi connectivity index (χ4n) is 3.05. The molecule has 2 N–H and O–H groups in total.